The van der Waals surface area contributed by atoms with Crippen molar-refractivity contribution >= 4 is 27.8 Å². The summed E-state index contributed by atoms with van der Waals surface area (Å²) in [5.41, 5.74) is 4.29. The first-order valence-electron chi connectivity index (χ1n) is 10.4. The molecule has 3 aromatic carbocycles. The average Bonchev–Trinajstić information content (AvgIpc) is 3.23. The van der Waals surface area contributed by atoms with Gasteiger partial charge in [-0.05, 0) is 23.3 Å². The predicted octanol–water partition coefficient (Wildman–Crippen LogP) is 5.60. The molecule has 5 rings (SSSR count). The number of aromatic nitrogens is 2. The van der Waals surface area contributed by atoms with E-state index in [1.807, 2.05) is 89.5 Å². The van der Waals surface area contributed by atoms with Crippen molar-refractivity contribution in [1.29, 1.82) is 0 Å². The quantitative estimate of drug-likeness (QED) is 0.334. The van der Waals surface area contributed by atoms with Gasteiger partial charge in [0, 0.05) is 29.6 Å². The molecule has 0 atom stereocenters. The van der Waals surface area contributed by atoms with Gasteiger partial charge < -0.3 is 14.0 Å². The Labute approximate surface area is 185 Å². The van der Waals surface area contributed by atoms with E-state index >= 15 is 0 Å². The molecule has 0 saturated heterocycles. The number of esters is 1. The molecular formula is C27H22N2O3. The molecule has 0 aliphatic rings. The summed E-state index contributed by atoms with van der Waals surface area (Å²) >= 11 is 0. The van der Waals surface area contributed by atoms with Crippen LogP contribution >= 0.6 is 0 Å². The molecule has 5 nitrogen and oxygen atoms in total. The van der Waals surface area contributed by atoms with Crippen LogP contribution in [0.5, 0.6) is 5.75 Å². The second-order valence-corrected chi connectivity index (χ2v) is 7.57. The zero-order valence-electron chi connectivity index (χ0n) is 17.7. The molecule has 0 fully saturated rings. The maximum atomic E-state index is 12.7. The highest BCUT2D eigenvalue weighted by atomic mass is 16.5. The molecule has 5 aromatic rings. The van der Waals surface area contributed by atoms with Crippen molar-refractivity contribution in [3.8, 4) is 5.75 Å². The summed E-state index contributed by atoms with van der Waals surface area (Å²) < 4.78 is 13.4. The molecule has 0 bridgehead atoms. The molecule has 0 spiro atoms. The molecule has 32 heavy (non-hydrogen) atoms. The number of ether oxygens (including phenoxy) is 2. The third-order valence-corrected chi connectivity index (χ3v) is 5.54. The van der Waals surface area contributed by atoms with Crippen LogP contribution in [0, 0.1) is 0 Å². The van der Waals surface area contributed by atoms with Crippen molar-refractivity contribution in [2.75, 3.05) is 7.11 Å². The van der Waals surface area contributed by atoms with Crippen LogP contribution in [0.1, 0.15) is 21.6 Å². The molecule has 0 aliphatic carbocycles. The summed E-state index contributed by atoms with van der Waals surface area (Å²) in [5.74, 6) is 0.296. The van der Waals surface area contributed by atoms with Crippen molar-refractivity contribution in [2.24, 2.45) is 0 Å². The number of pyridine rings is 1. The lowest BCUT2D eigenvalue weighted by molar-refractivity contribution is 0.0589. The Kier molecular flexibility index (Phi) is 5.30. The number of fused-ring (bicyclic) bond motifs is 3. The zero-order chi connectivity index (χ0) is 21.9. The summed E-state index contributed by atoms with van der Waals surface area (Å²) in [5, 5.41) is 1.88. The monoisotopic (exact) mass is 422 g/mol. The fourth-order valence-corrected chi connectivity index (χ4v) is 4.02. The van der Waals surface area contributed by atoms with Crippen LogP contribution < -0.4 is 4.74 Å². The van der Waals surface area contributed by atoms with E-state index in [-0.39, 0.29) is 5.97 Å². The van der Waals surface area contributed by atoms with E-state index in [0.29, 0.717) is 24.6 Å². The van der Waals surface area contributed by atoms with Gasteiger partial charge in [-0.1, -0.05) is 66.7 Å². The number of benzene rings is 3. The Balaban J connectivity index is 1.72. The third kappa shape index (κ3) is 3.69. The molecule has 0 aliphatic heterocycles. The number of hydrogen-bond acceptors (Lipinski definition) is 4. The van der Waals surface area contributed by atoms with Gasteiger partial charge in [0.05, 0.1) is 18.1 Å². The number of hydrogen-bond donors (Lipinski definition) is 0. The van der Waals surface area contributed by atoms with Crippen molar-refractivity contribution in [3.63, 3.8) is 0 Å². The Morgan fingerprint density at radius 1 is 0.875 bits per heavy atom. The van der Waals surface area contributed by atoms with Crippen molar-refractivity contribution < 1.29 is 14.3 Å². The van der Waals surface area contributed by atoms with Crippen molar-refractivity contribution in [1.82, 2.24) is 9.55 Å². The molecule has 0 unspecified atom stereocenters. The Hall–Kier alpha value is -4.12. The summed E-state index contributed by atoms with van der Waals surface area (Å²) in [4.78, 5) is 17.3. The molecule has 2 aromatic heterocycles. The maximum Gasteiger partial charge on any atom is 0.354 e. The first-order valence-corrected chi connectivity index (χ1v) is 10.4. The minimum absolute atomic E-state index is 0.386. The van der Waals surface area contributed by atoms with Gasteiger partial charge in [-0.3, -0.25) is 4.98 Å². The topological polar surface area (TPSA) is 53.4 Å². The molecule has 0 radical (unpaired) electrons. The lowest BCUT2D eigenvalue weighted by Gasteiger charge is -2.15. The van der Waals surface area contributed by atoms with Crippen LogP contribution in [-0.4, -0.2) is 22.6 Å². The minimum atomic E-state index is -0.386. The largest absolute Gasteiger partial charge is 0.487 e. The van der Waals surface area contributed by atoms with Crippen LogP contribution in [0.4, 0.5) is 0 Å². The van der Waals surface area contributed by atoms with E-state index < -0.39 is 0 Å². The highest BCUT2D eigenvalue weighted by molar-refractivity contribution is 6.11. The van der Waals surface area contributed by atoms with Gasteiger partial charge in [0.2, 0.25) is 0 Å². The molecule has 0 N–H and O–H groups in total. The highest BCUT2D eigenvalue weighted by Crippen LogP contribution is 2.36. The SMILES string of the molecule is COC(=O)c1cc2c3cccnc3cc(OCc3ccccc3)c2n1Cc1ccccc1. The van der Waals surface area contributed by atoms with Crippen LogP contribution in [-0.2, 0) is 17.9 Å². The fourth-order valence-electron chi connectivity index (χ4n) is 4.02. The van der Waals surface area contributed by atoms with Gasteiger partial charge in [-0.25, -0.2) is 4.79 Å². The van der Waals surface area contributed by atoms with Gasteiger partial charge in [0.15, 0.2) is 0 Å². The standard InChI is InChI=1S/C27H22N2O3/c1-31-27(30)24-15-22-21-13-8-14-28-23(21)16-25(32-18-20-11-6-3-7-12-20)26(22)29(24)17-19-9-4-2-5-10-19/h2-16H,17-18H2,1H3. The van der Waals surface area contributed by atoms with E-state index in [4.69, 9.17) is 9.47 Å². The number of methoxy groups -OCH3 is 1. The zero-order valence-corrected chi connectivity index (χ0v) is 17.7. The van der Waals surface area contributed by atoms with E-state index in [1.165, 1.54) is 7.11 Å². The molecule has 0 saturated carbocycles. The Bertz CT molecular complexity index is 1390. The molecule has 5 heteroatoms. The van der Waals surface area contributed by atoms with Gasteiger partial charge in [-0.2, -0.15) is 0 Å². The van der Waals surface area contributed by atoms with E-state index in [1.54, 1.807) is 6.20 Å². The first-order chi connectivity index (χ1) is 15.7. The lowest BCUT2D eigenvalue weighted by Crippen LogP contribution is -2.12. The van der Waals surface area contributed by atoms with E-state index in [2.05, 4.69) is 4.98 Å². The normalized spacial score (nSPS) is 11.0. The molecule has 158 valence electrons. The Morgan fingerprint density at radius 2 is 1.59 bits per heavy atom. The number of carbonyl (C=O) groups is 1. The fraction of sp³-hybridized carbons (Fsp3) is 0.111. The summed E-state index contributed by atoms with van der Waals surface area (Å²) in [6.07, 6.45) is 1.76. The number of nitrogens with zero attached hydrogens (tertiary/aromatic N) is 2. The molecular weight excluding hydrogens is 400 g/mol. The smallest absolute Gasteiger partial charge is 0.354 e. The summed E-state index contributed by atoms with van der Waals surface area (Å²) in [6.45, 7) is 0.931. The van der Waals surface area contributed by atoms with Crippen molar-refractivity contribution in [2.45, 2.75) is 13.2 Å². The number of carbonyl (C=O) groups excluding carboxylic acids is 1. The van der Waals surface area contributed by atoms with Crippen LogP contribution in [0.25, 0.3) is 21.8 Å². The summed E-state index contributed by atoms with van der Waals surface area (Å²) in [7, 11) is 1.40. The third-order valence-electron chi connectivity index (χ3n) is 5.54. The number of rotatable bonds is 6. The van der Waals surface area contributed by atoms with Gasteiger partial charge in [0.1, 0.15) is 18.1 Å². The highest BCUT2D eigenvalue weighted by Gasteiger charge is 2.22. The first kappa shape index (κ1) is 19.8. The molecule has 0 amide bonds. The van der Waals surface area contributed by atoms with Crippen LogP contribution in [0.2, 0.25) is 0 Å². The Morgan fingerprint density at radius 3 is 2.31 bits per heavy atom. The average molecular weight is 422 g/mol. The maximum absolute atomic E-state index is 12.7. The lowest BCUT2D eigenvalue weighted by atomic mass is 10.1. The van der Waals surface area contributed by atoms with E-state index in [9.17, 15) is 4.79 Å². The van der Waals surface area contributed by atoms with Crippen molar-refractivity contribution in [3.05, 3.63) is 108 Å². The molecule has 2 heterocycles. The van der Waals surface area contributed by atoms with Gasteiger partial charge >= 0.3 is 5.97 Å². The second-order valence-electron chi connectivity index (χ2n) is 7.57. The minimum Gasteiger partial charge on any atom is -0.487 e. The summed E-state index contributed by atoms with van der Waals surface area (Å²) in [6, 6.07) is 27.8. The van der Waals surface area contributed by atoms with E-state index in [0.717, 1.165) is 32.9 Å². The van der Waals surface area contributed by atoms with Gasteiger partial charge in [-0.15, -0.1) is 0 Å². The van der Waals surface area contributed by atoms with Crippen LogP contribution in [0.3, 0.4) is 0 Å². The van der Waals surface area contributed by atoms with Crippen LogP contribution in [0.15, 0.2) is 91.1 Å². The predicted molar refractivity (Wildman–Crippen MR) is 125 cm³/mol. The van der Waals surface area contributed by atoms with Gasteiger partial charge in [0.25, 0.3) is 0 Å². The second kappa shape index (κ2) is 8.55.